The maximum atomic E-state index is 11.9. The van der Waals surface area contributed by atoms with Crippen LogP contribution in [-0.4, -0.2) is 32.3 Å². The fraction of sp³-hybridized carbons (Fsp3) is 0.118. The van der Waals surface area contributed by atoms with Gasteiger partial charge in [-0.3, -0.25) is 4.79 Å². The van der Waals surface area contributed by atoms with Gasteiger partial charge in [-0.15, -0.1) is 10.2 Å². The van der Waals surface area contributed by atoms with Crippen molar-refractivity contribution in [2.75, 3.05) is 0 Å². The number of hydrogen-bond acceptors (Lipinski definition) is 5. The van der Waals surface area contributed by atoms with Crippen molar-refractivity contribution in [2.45, 2.75) is 13.5 Å². The largest absolute Gasteiger partial charge is 0.271 e. The van der Waals surface area contributed by atoms with Crippen molar-refractivity contribution in [3.05, 3.63) is 65.7 Å². The van der Waals surface area contributed by atoms with Crippen molar-refractivity contribution in [1.82, 2.24) is 25.6 Å². The Morgan fingerprint density at radius 3 is 2.71 bits per heavy atom. The molecule has 1 aromatic heterocycles. The fourth-order valence-corrected chi connectivity index (χ4v) is 2.08. The Morgan fingerprint density at radius 2 is 1.92 bits per heavy atom. The van der Waals surface area contributed by atoms with Crippen molar-refractivity contribution >= 4 is 12.1 Å². The molecule has 0 aliphatic carbocycles. The zero-order chi connectivity index (χ0) is 16.8. The summed E-state index contributed by atoms with van der Waals surface area (Å²) >= 11 is 0. The second-order valence-corrected chi connectivity index (χ2v) is 5.16. The molecule has 0 fully saturated rings. The Balaban J connectivity index is 1.58. The molecule has 0 aliphatic rings. The van der Waals surface area contributed by atoms with E-state index in [4.69, 9.17) is 0 Å². The third-order valence-corrected chi connectivity index (χ3v) is 3.35. The van der Waals surface area contributed by atoms with Gasteiger partial charge in [-0.25, -0.2) is 5.43 Å². The summed E-state index contributed by atoms with van der Waals surface area (Å²) in [5.41, 5.74) is 5.34. The third-order valence-electron chi connectivity index (χ3n) is 3.35. The number of hydrogen-bond donors (Lipinski definition) is 1. The normalized spacial score (nSPS) is 10.9. The molecule has 0 atom stereocenters. The summed E-state index contributed by atoms with van der Waals surface area (Å²) < 4.78 is 0. The standard InChI is InChI=1S/C17H16N6O/c1-13-7-5-6-10-15(13)11-18-19-16(24)12-23-21-17(20-22-23)14-8-3-2-4-9-14/h2-11H,12H2,1H3,(H,19,24)/b18-11-. The maximum Gasteiger partial charge on any atom is 0.263 e. The first kappa shape index (κ1) is 15.5. The highest BCUT2D eigenvalue weighted by atomic mass is 16.2. The highest BCUT2D eigenvalue weighted by Gasteiger charge is 2.08. The van der Waals surface area contributed by atoms with Crippen LogP contribution in [0.2, 0.25) is 0 Å². The lowest BCUT2D eigenvalue weighted by Gasteiger charge is -2.00. The van der Waals surface area contributed by atoms with Crippen molar-refractivity contribution in [3.8, 4) is 11.4 Å². The lowest BCUT2D eigenvalue weighted by atomic mass is 10.1. The molecule has 0 aliphatic heterocycles. The van der Waals surface area contributed by atoms with Gasteiger partial charge in [-0.1, -0.05) is 54.6 Å². The zero-order valence-electron chi connectivity index (χ0n) is 13.1. The minimum Gasteiger partial charge on any atom is -0.271 e. The summed E-state index contributed by atoms with van der Waals surface area (Å²) in [5, 5.41) is 16.0. The summed E-state index contributed by atoms with van der Waals surface area (Å²) in [4.78, 5) is 13.1. The number of nitrogens with one attached hydrogen (secondary N) is 1. The number of tetrazole rings is 1. The first-order valence-electron chi connectivity index (χ1n) is 7.43. The van der Waals surface area contributed by atoms with E-state index in [9.17, 15) is 4.79 Å². The number of carbonyl (C=O) groups excluding carboxylic acids is 1. The molecule has 0 unspecified atom stereocenters. The van der Waals surface area contributed by atoms with E-state index in [1.807, 2.05) is 61.5 Å². The summed E-state index contributed by atoms with van der Waals surface area (Å²) in [5.74, 6) is 0.156. The molecule has 3 rings (SSSR count). The summed E-state index contributed by atoms with van der Waals surface area (Å²) in [7, 11) is 0. The molecule has 1 N–H and O–H groups in total. The predicted octanol–water partition coefficient (Wildman–Crippen LogP) is 1.80. The summed E-state index contributed by atoms with van der Waals surface area (Å²) in [6.07, 6.45) is 1.61. The number of aromatic nitrogens is 4. The molecule has 1 amide bonds. The highest BCUT2D eigenvalue weighted by molar-refractivity contribution is 5.83. The maximum absolute atomic E-state index is 11.9. The predicted molar refractivity (Wildman–Crippen MR) is 90.2 cm³/mol. The third kappa shape index (κ3) is 3.89. The summed E-state index contributed by atoms with van der Waals surface area (Å²) in [6.45, 7) is 1.93. The van der Waals surface area contributed by atoms with Crippen LogP contribution in [0.15, 0.2) is 59.7 Å². The van der Waals surface area contributed by atoms with E-state index >= 15 is 0 Å². The zero-order valence-corrected chi connectivity index (χ0v) is 13.1. The number of benzene rings is 2. The van der Waals surface area contributed by atoms with Crippen LogP contribution in [0.3, 0.4) is 0 Å². The van der Waals surface area contributed by atoms with Crippen molar-refractivity contribution < 1.29 is 4.79 Å². The van der Waals surface area contributed by atoms with Gasteiger partial charge in [0, 0.05) is 5.56 Å². The number of aryl methyl sites for hydroxylation is 1. The van der Waals surface area contributed by atoms with E-state index in [1.165, 1.54) is 4.80 Å². The molecule has 0 radical (unpaired) electrons. The van der Waals surface area contributed by atoms with Crippen LogP contribution in [0.5, 0.6) is 0 Å². The topological polar surface area (TPSA) is 85.1 Å². The van der Waals surface area contributed by atoms with Gasteiger partial charge >= 0.3 is 0 Å². The Bertz CT molecular complexity index is 856. The van der Waals surface area contributed by atoms with E-state index < -0.39 is 0 Å². The van der Waals surface area contributed by atoms with Gasteiger partial charge in [0.05, 0.1) is 6.21 Å². The molecule has 1 heterocycles. The van der Waals surface area contributed by atoms with Gasteiger partial charge in [0.1, 0.15) is 6.54 Å². The van der Waals surface area contributed by atoms with Crippen LogP contribution < -0.4 is 5.43 Å². The molecule has 0 bridgehead atoms. The van der Waals surface area contributed by atoms with Crippen LogP contribution in [0, 0.1) is 6.92 Å². The van der Waals surface area contributed by atoms with Crippen molar-refractivity contribution in [3.63, 3.8) is 0 Å². The Hall–Kier alpha value is -3.35. The first-order chi connectivity index (χ1) is 11.7. The van der Waals surface area contributed by atoms with E-state index in [0.29, 0.717) is 5.82 Å². The molecular formula is C17H16N6O. The molecule has 0 saturated carbocycles. The van der Waals surface area contributed by atoms with Crippen molar-refractivity contribution in [1.29, 1.82) is 0 Å². The number of carbonyl (C=O) groups is 1. The minimum absolute atomic E-state index is 0.0506. The van der Waals surface area contributed by atoms with Gasteiger partial charge in [0.15, 0.2) is 0 Å². The van der Waals surface area contributed by atoms with Crippen LogP contribution in [0.4, 0.5) is 0 Å². The number of amides is 1. The monoisotopic (exact) mass is 320 g/mol. The van der Waals surface area contributed by atoms with E-state index in [-0.39, 0.29) is 12.5 Å². The number of hydrazone groups is 1. The SMILES string of the molecule is Cc1ccccc1/C=N\NC(=O)Cn1nnc(-c2ccccc2)n1. The lowest BCUT2D eigenvalue weighted by molar-refractivity contribution is -0.122. The van der Waals surface area contributed by atoms with Crippen LogP contribution in [-0.2, 0) is 11.3 Å². The van der Waals surface area contributed by atoms with E-state index in [2.05, 4.69) is 25.9 Å². The van der Waals surface area contributed by atoms with Crippen LogP contribution in [0.25, 0.3) is 11.4 Å². The number of rotatable bonds is 5. The van der Waals surface area contributed by atoms with Crippen LogP contribution >= 0.6 is 0 Å². The van der Waals surface area contributed by atoms with Gasteiger partial charge in [-0.2, -0.15) is 9.90 Å². The molecular weight excluding hydrogens is 304 g/mol. The van der Waals surface area contributed by atoms with Crippen molar-refractivity contribution in [2.24, 2.45) is 5.10 Å². The van der Waals surface area contributed by atoms with Gasteiger partial charge in [0.2, 0.25) is 5.82 Å². The van der Waals surface area contributed by atoms with Gasteiger partial charge < -0.3 is 0 Å². The molecule has 120 valence electrons. The Labute approximate surface area is 139 Å². The highest BCUT2D eigenvalue weighted by Crippen LogP contribution is 2.11. The van der Waals surface area contributed by atoms with Gasteiger partial charge in [0.25, 0.3) is 5.91 Å². The van der Waals surface area contributed by atoms with E-state index in [0.717, 1.165) is 16.7 Å². The Kier molecular flexibility index (Phi) is 4.71. The number of nitrogens with zero attached hydrogens (tertiary/aromatic N) is 5. The fourth-order valence-electron chi connectivity index (χ4n) is 2.08. The molecule has 3 aromatic rings. The van der Waals surface area contributed by atoms with Gasteiger partial charge in [-0.05, 0) is 23.3 Å². The molecule has 2 aromatic carbocycles. The smallest absolute Gasteiger partial charge is 0.263 e. The average Bonchev–Trinajstić information content (AvgIpc) is 3.06. The average molecular weight is 320 g/mol. The molecule has 7 nitrogen and oxygen atoms in total. The first-order valence-corrected chi connectivity index (χ1v) is 7.43. The second-order valence-electron chi connectivity index (χ2n) is 5.16. The molecule has 24 heavy (non-hydrogen) atoms. The summed E-state index contributed by atoms with van der Waals surface area (Å²) in [6, 6.07) is 17.2. The molecule has 0 spiro atoms. The molecule has 0 saturated heterocycles. The molecule has 7 heteroatoms. The lowest BCUT2D eigenvalue weighted by Crippen LogP contribution is -2.24. The minimum atomic E-state index is -0.322. The second kappa shape index (κ2) is 7.28. The van der Waals surface area contributed by atoms with E-state index in [1.54, 1.807) is 6.21 Å². The quantitative estimate of drug-likeness (QED) is 0.574. The Morgan fingerprint density at radius 1 is 1.17 bits per heavy atom. The van der Waals surface area contributed by atoms with Crippen LogP contribution in [0.1, 0.15) is 11.1 Å².